The number of carbonyl (C=O) groups is 2. The first kappa shape index (κ1) is 21.1. The fourth-order valence-corrected chi connectivity index (χ4v) is 2.72. The Bertz CT molecular complexity index is 688. The quantitative estimate of drug-likeness (QED) is 0.516. The summed E-state index contributed by atoms with van der Waals surface area (Å²) in [6.45, 7) is 3.60. The normalized spacial score (nSPS) is 11.5. The van der Waals surface area contributed by atoms with Crippen molar-refractivity contribution in [1.29, 1.82) is 0 Å². The van der Waals surface area contributed by atoms with E-state index < -0.39 is 21.9 Å². The van der Waals surface area contributed by atoms with Gasteiger partial charge in [-0.3, -0.25) is 4.79 Å². The average molecular weight is 372 g/mol. The third-order valence-electron chi connectivity index (χ3n) is 3.17. The van der Waals surface area contributed by atoms with Crippen molar-refractivity contribution in [2.24, 2.45) is 0 Å². The average Bonchev–Trinajstić information content (AvgIpc) is 2.53. The molecule has 1 aromatic carbocycles. The Hall–Kier alpha value is -1.97. The molecule has 0 aliphatic heterocycles. The monoisotopic (exact) mass is 372 g/mol. The maximum atomic E-state index is 11.7. The standard InChI is InChI=1S/C16H24N2O6S/c1-12(2)24-8-9-25(22,23)18-11-15(19)17-7-6-13-4-3-5-14(10-13)16(20)21/h3-5,10,12,18H,6-9,11H2,1-2H3,(H,17,19)(H,20,21). The van der Waals surface area contributed by atoms with E-state index in [4.69, 9.17) is 9.84 Å². The number of carboxylic acid groups (broad SMARTS) is 1. The van der Waals surface area contributed by atoms with Gasteiger partial charge in [-0.2, -0.15) is 0 Å². The van der Waals surface area contributed by atoms with Gasteiger partial charge in [0, 0.05) is 6.54 Å². The van der Waals surface area contributed by atoms with Crippen LogP contribution in [0.2, 0.25) is 0 Å². The van der Waals surface area contributed by atoms with Crippen LogP contribution in [0.1, 0.15) is 29.8 Å². The van der Waals surface area contributed by atoms with E-state index in [1.165, 1.54) is 12.1 Å². The zero-order valence-corrected chi connectivity index (χ0v) is 15.1. The lowest BCUT2D eigenvalue weighted by atomic mass is 10.1. The summed E-state index contributed by atoms with van der Waals surface area (Å²) in [6.07, 6.45) is 0.389. The second-order valence-electron chi connectivity index (χ2n) is 5.67. The van der Waals surface area contributed by atoms with E-state index in [0.717, 1.165) is 5.56 Å². The van der Waals surface area contributed by atoms with Gasteiger partial charge >= 0.3 is 5.97 Å². The second kappa shape index (κ2) is 10.1. The number of carbonyl (C=O) groups excluding carboxylic acids is 1. The number of sulfonamides is 1. The molecule has 0 atom stereocenters. The Morgan fingerprint density at radius 1 is 1.28 bits per heavy atom. The van der Waals surface area contributed by atoms with Crippen molar-refractivity contribution in [1.82, 2.24) is 10.0 Å². The molecule has 140 valence electrons. The fraction of sp³-hybridized carbons (Fsp3) is 0.500. The van der Waals surface area contributed by atoms with E-state index >= 15 is 0 Å². The zero-order valence-electron chi connectivity index (χ0n) is 14.3. The molecule has 25 heavy (non-hydrogen) atoms. The van der Waals surface area contributed by atoms with Gasteiger partial charge in [0.2, 0.25) is 15.9 Å². The van der Waals surface area contributed by atoms with Gasteiger partial charge in [-0.05, 0) is 38.0 Å². The molecule has 1 rings (SSSR count). The highest BCUT2D eigenvalue weighted by atomic mass is 32.2. The highest BCUT2D eigenvalue weighted by molar-refractivity contribution is 7.89. The van der Waals surface area contributed by atoms with Crippen LogP contribution < -0.4 is 10.0 Å². The van der Waals surface area contributed by atoms with Crippen molar-refractivity contribution in [3.63, 3.8) is 0 Å². The van der Waals surface area contributed by atoms with Gasteiger partial charge in [-0.25, -0.2) is 17.9 Å². The van der Waals surface area contributed by atoms with Gasteiger partial charge in [0.25, 0.3) is 0 Å². The van der Waals surface area contributed by atoms with E-state index in [0.29, 0.717) is 6.42 Å². The van der Waals surface area contributed by atoms with Gasteiger partial charge in [0.15, 0.2) is 0 Å². The first-order valence-electron chi connectivity index (χ1n) is 7.87. The Morgan fingerprint density at radius 3 is 2.64 bits per heavy atom. The molecular weight excluding hydrogens is 348 g/mol. The highest BCUT2D eigenvalue weighted by Crippen LogP contribution is 2.05. The molecule has 0 saturated carbocycles. The number of hydrogen-bond acceptors (Lipinski definition) is 5. The summed E-state index contributed by atoms with van der Waals surface area (Å²) in [5.41, 5.74) is 0.951. The van der Waals surface area contributed by atoms with E-state index in [9.17, 15) is 18.0 Å². The molecule has 0 bridgehead atoms. The number of carboxylic acids is 1. The minimum absolute atomic E-state index is 0.0573. The molecule has 9 heteroatoms. The Morgan fingerprint density at radius 2 is 2.00 bits per heavy atom. The van der Waals surface area contributed by atoms with Crippen LogP contribution in [0.4, 0.5) is 0 Å². The van der Waals surface area contributed by atoms with Gasteiger partial charge in [-0.1, -0.05) is 12.1 Å². The van der Waals surface area contributed by atoms with Gasteiger partial charge < -0.3 is 15.2 Å². The minimum Gasteiger partial charge on any atom is -0.478 e. The number of hydrogen-bond donors (Lipinski definition) is 3. The van der Waals surface area contributed by atoms with Crippen LogP contribution in [-0.4, -0.2) is 57.0 Å². The Kier molecular flexibility index (Phi) is 8.53. The molecule has 0 radical (unpaired) electrons. The summed E-state index contributed by atoms with van der Waals surface area (Å²) in [5, 5.41) is 11.5. The Balaban J connectivity index is 2.31. The number of nitrogens with one attached hydrogen (secondary N) is 2. The van der Waals surface area contributed by atoms with Crippen LogP contribution in [0.15, 0.2) is 24.3 Å². The van der Waals surface area contributed by atoms with Crippen LogP contribution >= 0.6 is 0 Å². The van der Waals surface area contributed by atoms with Crippen molar-refractivity contribution in [2.75, 3.05) is 25.4 Å². The first-order chi connectivity index (χ1) is 11.7. The molecule has 3 N–H and O–H groups in total. The lowest BCUT2D eigenvalue weighted by Gasteiger charge is -2.10. The third-order valence-corrected chi connectivity index (χ3v) is 4.45. The molecule has 0 aliphatic rings. The molecule has 0 saturated heterocycles. The molecule has 0 spiro atoms. The van der Waals surface area contributed by atoms with E-state index in [-0.39, 0.29) is 37.1 Å². The third kappa shape index (κ3) is 9.18. The summed E-state index contributed by atoms with van der Waals surface area (Å²) in [6, 6.07) is 6.41. The summed E-state index contributed by atoms with van der Waals surface area (Å²) in [5.74, 6) is -1.68. The summed E-state index contributed by atoms with van der Waals surface area (Å²) >= 11 is 0. The molecular formula is C16H24N2O6S. The maximum Gasteiger partial charge on any atom is 0.335 e. The zero-order chi connectivity index (χ0) is 18.9. The maximum absolute atomic E-state index is 11.7. The molecule has 8 nitrogen and oxygen atoms in total. The van der Waals surface area contributed by atoms with E-state index in [1.807, 2.05) is 0 Å². The van der Waals surface area contributed by atoms with Crippen molar-refractivity contribution in [2.45, 2.75) is 26.4 Å². The number of amides is 1. The molecule has 1 amide bonds. The molecule has 0 unspecified atom stereocenters. The van der Waals surface area contributed by atoms with Crippen LogP contribution in [0, 0.1) is 0 Å². The summed E-state index contributed by atoms with van der Waals surface area (Å²) in [4.78, 5) is 22.6. The van der Waals surface area contributed by atoms with Crippen molar-refractivity contribution >= 4 is 21.9 Å². The van der Waals surface area contributed by atoms with Crippen LogP contribution in [0.5, 0.6) is 0 Å². The molecule has 0 fully saturated rings. The molecule has 0 aliphatic carbocycles. The SMILES string of the molecule is CC(C)OCCS(=O)(=O)NCC(=O)NCCc1cccc(C(=O)O)c1. The minimum atomic E-state index is -3.57. The molecule has 1 aromatic rings. The van der Waals surface area contributed by atoms with Gasteiger partial charge in [0.1, 0.15) is 0 Å². The molecule has 0 heterocycles. The van der Waals surface area contributed by atoms with Gasteiger partial charge in [0.05, 0.1) is 30.6 Å². The number of aromatic carboxylic acids is 1. The number of benzene rings is 1. The Labute approximate surface area is 147 Å². The number of rotatable bonds is 11. The first-order valence-corrected chi connectivity index (χ1v) is 9.52. The summed E-state index contributed by atoms with van der Waals surface area (Å²) < 4.78 is 30.7. The lowest BCUT2D eigenvalue weighted by molar-refractivity contribution is -0.119. The van der Waals surface area contributed by atoms with E-state index in [1.54, 1.807) is 26.0 Å². The van der Waals surface area contributed by atoms with Crippen LogP contribution in [-0.2, 0) is 26.0 Å². The summed E-state index contributed by atoms with van der Waals surface area (Å²) in [7, 11) is -3.57. The predicted molar refractivity (Wildman–Crippen MR) is 93.0 cm³/mol. The largest absolute Gasteiger partial charge is 0.478 e. The van der Waals surface area contributed by atoms with E-state index in [2.05, 4.69) is 10.0 Å². The topological polar surface area (TPSA) is 122 Å². The smallest absolute Gasteiger partial charge is 0.335 e. The second-order valence-corrected chi connectivity index (χ2v) is 7.59. The van der Waals surface area contributed by atoms with Gasteiger partial charge in [-0.15, -0.1) is 0 Å². The van der Waals surface area contributed by atoms with Crippen molar-refractivity contribution < 1.29 is 27.9 Å². The van der Waals surface area contributed by atoms with Crippen LogP contribution in [0.3, 0.4) is 0 Å². The van der Waals surface area contributed by atoms with Crippen LogP contribution in [0.25, 0.3) is 0 Å². The highest BCUT2D eigenvalue weighted by Gasteiger charge is 2.12. The molecule has 0 aromatic heterocycles. The fourth-order valence-electron chi connectivity index (χ4n) is 1.91. The van der Waals surface area contributed by atoms with Crippen molar-refractivity contribution in [3.8, 4) is 0 Å². The predicted octanol–water partition coefficient (Wildman–Crippen LogP) is 0.388. The lowest BCUT2D eigenvalue weighted by Crippen LogP contribution is -2.39. The number of ether oxygens (including phenoxy) is 1. The van der Waals surface area contributed by atoms with Crippen molar-refractivity contribution in [3.05, 3.63) is 35.4 Å².